The lowest BCUT2D eigenvalue weighted by molar-refractivity contribution is -0.119. The van der Waals surface area contributed by atoms with Gasteiger partial charge in [-0.15, -0.1) is 0 Å². The van der Waals surface area contributed by atoms with Crippen LogP contribution in [0, 0.1) is 5.92 Å². The highest BCUT2D eigenvalue weighted by Crippen LogP contribution is 2.22. The highest BCUT2D eigenvalue weighted by Gasteiger charge is 2.32. The van der Waals surface area contributed by atoms with Gasteiger partial charge in [-0.25, -0.2) is 0 Å². The first-order chi connectivity index (χ1) is 12.0. The van der Waals surface area contributed by atoms with Crippen LogP contribution in [0.3, 0.4) is 0 Å². The number of primary amides is 1. The molecule has 1 saturated heterocycles. The van der Waals surface area contributed by atoms with Crippen LogP contribution >= 0.6 is 0 Å². The van der Waals surface area contributed by atoms with Crippen molar-refractivity contribution in [2.24, 2.45) is 11.7 Å². The van der Waals surface area contributed by atoms with E-state index < -0.39 is 5.91 Å². The Morgan fingerprint density at radius 2 is 2.00 bits per heavy atom. The maximum absolute atomic E-state index is 11.4. The van der Waals surface area contributed by atoms with Crippen LogP contribution in [0.2, 0.25) is 0 Å². The Balaban J connectivity index is 1.72. The Morgan fingerprint density at radius 3 is 2.60 bits per heavy atom. The van der Waals surface area contributed by atoms with Crippen LogP contribution in [0.5, 0.6) is 5.75 Å². The second-order valence-electron chi connectivity index (χ2n) is 6.71. The molecule has 25 heavy (non-hydrogen) atoms. The highest BCUT2D eigenvalue weighted by molar-refractivity contribution is 5.92. The predicted molar refractivity (Wildman–Crippen MR) is 97.5 cm³/mol. The minimum Gasteiger partial charge on any atom is -0.494 e. The number of carbonyl (C=O) groups is 2. The van der Waals surface area contributed by atoms with Crippen LogP contribution in [0.1, 0.15) is 43.5 Å². The lowest BCUT2D eigenvalue weighted by Crippen LogP contribution is -2.39. The lowest BCUT2D eigenvalue weighted by Gasteiger charge is -2.18. The zero-order valence-electron chi connectivity index (χ0n) is 15.2. The maximum atomic E-state index is 11.4. The summed E-state index contributed by atoms with van der Waals surface area (Å²) < 4.78 is 5.72. The van der Waals surface area contributed by atoms with E-state index in [-0.39, 0.29) is 11.9 Å². The molecule has 1 aliphatic heterocycles. The number of likely N-dealkylation sites (tertiary alicyclic amines) is 1. The molecule has 2 rings (SSSR count). The van der Waals surface area contributed by atoms with E-state index in [0.29, 0.717) is 18.1 Å². The van der Waals surface area contributed by atoms with Gasteiger partial charge in [-0.3, -0.25) is 9.59 Å². The van der Waals surface area contributed by atoms with Gasteiger partial charge in [-0.1, -0.05) is 13.3 Å². The molecule has 0 saturated carbocycles. The first kappa shape index (κ1) is 19.2. The molecule has 0 aliphatic carbocycles. The number of nitrogens with one attached hydrogen (secondary N) is 1. The van der Waals surface area contributed by atoms with Crippen molar-refractivity contribution < 1.29 is 14.3 Å². The molecule has 3 N–H and O–H groups in total. The summed E-state index contributed by atoms with van der Waals surface area (Å²) in [5.41, 5.74) is 5.70. The number of ether oxygens (including phenoxy) is 1. The van der Waals surface area contributed by atoms with Gasteiger partial charge in [0.25, 0.3) is 0 Å². The third-order valence-electron chi connectivity index (χ3n) is 4.59. The summed E-state index contributed by atoms with van der Waals surface area (Å²) >= 11 is 0. The second kappa shape index (κ2) is 9.42. The van der Waals surface area contributed by atoms with Crippen molar-refractivity contribution in [2.45, 2.75) is 39.2 Å². The van der Waals surface area contributed by atoms with Crippen LogP contribution in [-0.4, -0.2) is 49.0 Å². The number of amides is 2. The number of nitrogens with two attached hydrogens (primary N) is 1. The van der Waals surface area contributed by atoms with Crippen molar-refractivity contribution in [1.29, 1.82) is 0 Å². The zero-order chi connectivity index (χ0) is 18.2. The van der Waals surface area contributed by atoms with Gasteiger partial charge < -0.3 is 20.7 Å². The number of hydrogen-bond donors (Lipinski definition) is 2. The van der Waals surface area contributed by atoms with Crippen molar-refractivity contribution in [2.75, 3.05) is 26.2 Å². The largest absolute Gasteiger partial charge is 0.494 e. The molecule has 1 aromatic rings. The molecular weight excluding hydrogens is 318 g/mol. The fourth-order valence-corrected chi connectivity index (χ4v) is 3.42. The molecule has 2 atom stereocenters. The molecule has 138 valence electrons. The molecular formula is C19H29N3O3. The van der Waals surface area contributed by atoms with Crippen molar-refractivity contribution in [3.63, 3.8) is 0 Å². The molecule has 2 amide bonds. The van der Waals surface area contributed by atoms with Crippen LogP contribution < -0.4 is 15.8 Å². The monoisotopic (exact) mass is 347 g/mol. The standard InChI is InChI=1S/C19H29N3O3/c1-3-5-16-12-22(13-18(16)21-14(2)23)10-4-11-25-17-8-6-15(7-9-17)19(20)24/h6-9,16,18H,3-5,10-13H2,1-2H3,(H2,20,24)(H,21,23). The summed E-state index contributed by atoms with van der Waals surface area (Å²) in [6.07, 6.45) is 3.20. The second-order valence-corrected chi connectivity index (χ2v) is 6.71. The summed E-state index contributed by atoms with van der Waals surface area (Å²) in [5.74, 6) is 0.897. The summed E-state index contributed by atoms with van der Waals surface area (Å²) in [4.78, 5) is 24.8. The number of benzene rings is 1. The van der Waals surface area contributed by atoms with Gasteiger partial charge >= 0.3 is 0 Å². The van der Waals surface area contributed by atoms with E-state index >= 15 is 0 Å². The summed E-state index contributed by atoms with van der Waals surface area (Å²) in [7, 11) is 0. The van der Waals surface area contributed by atoms with E-state index in [4.69, 9.17) is 10.5 Å². The lowest BCUT2D eigenvalue weighted by atomic mass is 9.98. The third kappa shape index (κ3) is 6.05. The molecule has 6 nitrogen and oxygen atoms in total. The number of rotatable bonds is 9. The maximum Gasteiger partial charge on any atom is 0.248 e. The normalized spacial score (nSPS) is 20.4. The van der Waals surface area contributed by atoms with Gasteiger partial charge in [0, 0.05) is 38.2 Å². The van der Waals surface area contributed by atoms with E-state index in [0.717, 1.165) is 44.6 Å². The molecule has 0 bridgehead atoms. The molecule has 1 fully saturated rings. The van der Waals surface area contributed by atoms with E-state index in [1.165, 1.54) is 0 Å². The molecule has 2 unspecified atom stereocenters. The van der Waals surface area contributed by atoms with Crippen LogP contribution in [0.4, 0.5) is 0 Å². The number of hydrogen-bond acceptors (Lipinski definition) is 4. The SMILES string of the molecule is CCCC1CN(CCCOc2ccc(C(N)=O)cc2)CC1NC(C)=O. The third-order valence-corrected chi connectivity index (χ3v) is 4.59. The summed E-state index contributed by atoms with van der Waals surface area (Å²) in [5, 5.41) is 3.09. The number of nitrogens with zero attached hydrogens (tertiary/aromatic N) is 1. The average molecular weight is 347 g/mol. The van der Waals surface area contributed by atoms with Gasteiger partial charge in [0.05, 0.1) is 6.61 Å². The zero-order valence-corrected chi connectivity index (χ0v) is 15.2. The minimum absolute atomic E-state index is 0.0516. The van der Waals surface area contributed by atoms with Crippen LogP contribution in [-0.2, 0) is 4.79 Å². The summed E-state index contributed by atoms with van der Waals surface area (Å²) in [6.45, 7) is 7.29. The summed E-state index contributed by atoms with van der Waals surface area (Å²) in [6, 6.07) is 7.14. The Morgan fingerprint density at radius 1 is 1.28 bits per heavy atom. The Hall–Kier alpha value is -2.08. The van der Waals surface area contributed by atoms with E-state index in [1.807, 2.05) is 0 Å². The van der Waals surface area contributed by atoms with Gasteiger partial charge in [0.1, 0.15) is 5.75 Å². The van der Waals surface area contributed by atoms with Gasteiger partial charge in [-0.2, -0.15) is 0 Å². The van der Waals surface area contributed by atoms with E-state index in [2.05, 4.69) is 17.1 Å². The van der Waals surface area contributed by atoms with Gasteiger partial charge in [0.2, 0.25) is 11.8 Å². The number of carbonyl (C=O) groups excluding carboxylic acids is 2. The predicted octanol–water partition coefficient (Wildman–Crippen LogP) is 1.79. The van der Waals surface area contributed by atoms with E-state index in [1.54, 1.807) is 31.2 Å². The van der Waals surface area contributed by atoms with Crippen molar-refractivity contribution in [3.05, 3.63) is 29.8 Å². The molecule has 1 heterocycles. The first-order valence-corrected chi connectivity index (χ1v) is 9.01. The quantitative estimate of drug-likeness (QED) is 0.667. The van der Waals surface area contributed by atoms with E-state index in [9.17, 15) is 9.59 Å². The smallest absolute Gasteiger partial charge is 0.248 e. The first-order valence-electron chi connectivity index (χ1n) is 9.01. The van der Waals surface area contributed by atoms with Gasteiger partial charge in [0.15, 0.2) is 0 Å². The Kier molecular flexibility index (Phi) is 7.25. The average Bonchev–Trinajstić information content (AvgIpc) is 2.93. The van der Waals surface area contributed by atoms with Crippen LogP contribution in [0.25, 0.3) is 0 Å². The minimum atomic E-state index is -0.434. The molecule has 0 aromatic heterocycles. The molecule has 0 spiro atoms. The Bertz CT molecular complexity index is 574. The van der Waals surface area contributed by atoms with Crippen molar-refractivity contribution >= 4 is 11.8 Å². The highest BCUT2D eigenvalue weighted by atomic mass is 16.5. The topological polar surface area (TPSA) is 84.7 Å². The molecule has 6 heteroatoms. The molecule has 1 aliphatic rings. The van der Waals surface area contributed by atoms with Gasteiger partial charge in [-0.05, 0) is 43.0 Å². The molecule has 1 aromatic carbocycles. The van der Waals surface area contributed by atoms with Crippen LogP contribution in [0.15, 0.2) is 24.3 Å². The molecule has 0 radical (unpaired) electrons. The Labute approximate surface area is 149 Å². The fourth-order valence-electron chi connectivity index (χ4n) is 3.42. The fraction of sp³-hybridized carbons (Fsp3) is 0.579. The van der Waals surface area contributed by atoms with Crippen molar-refractivity contribution in [1.82, 2.24) is 10.2 Å². The van der Waals surface area contributed by atoms with Crippen molar-refractivity contribution in [3.8, 4) is 5.75 Å².